The number of likely N-dealkylation sites (N-methyl/N-ethyl adjacent to an activating group) is 1. The summed E-state index contributed by atoms with van der Waals surface area (Å²) in [5.41, 5.74) is 0. The van der Waals surface area contributed by atoms with Gasteiger partial charge in [0.05, 0.1) is 18.8 Å². The van der Waals surface area contributed by atoms with E-state index in [1.807, 2.05) is 7.05 Å². The maximum atomic E-state index is 9.51. The Morgan fingerprint density at radius 1 is 1.60 bits per heavy atom. The van der Waals surface area contributed by atoms with E-state index < -0.39 is 0 Å². The number of aliphatic hydroxyl groups excluding tert-OH is 1. The second-order valence-electron chi connectivity index (χ2n) is 4.30. The minimum absolute atomic E-state index is 0.385. The number of methoxy groups -OCH3 is 1. The monoisotopic (exact) mass is 217 g/mol. The van der Waals surface area contributed by atoms with Crippen molar-refractivity contribution in [1.29, 1.82) is 0 Å². The van der Waals surface area contributed by atoms with Gasteiger partial charge in [0.15, 0.2) is 0 Å². The molecule has 90 valence electrons. The van der Waals surface area contributed by atoms with Crippen LogP contribution in [0.25, 0.3) is 0 Å². The van der Waals surface area contributed by atoms with Crippen molar-refractivity contribution >= 4 is 0 Å². The summed E-state index contributed by atoms with van der Waals surface area (Å²) >= 11 is 0. The van der Waals surface area contributed by atoms with Crippen LogP contribution in [0.5, 0.6) is 0 Å². The quantitative estimate of drug-likeness (QED) is 0.674. The highest BCUT2D eigenvalue weighted by Gasteiger charge is 2.16. The van der Waals surface area contributed by atoms with Crippen LogP contribution in [0.4, 0.5) is 0 Å². The molecule has 1 aliphatic rings. The molecule has 0 amide bonds. The topological polar surface area (TPSA) is 41.9 Å². The summed E-state index contributed by atoms with van der Waals surface area (Å²) in [4.78, 5) is 2.13. The lowest BCUT2D eigenvalue weighted by molar-refractivity contribution is 0.0378. The summed E-state index contributed by atoms with van der Waals surface area (Å²) in [5.74, 6) is 0. The lowest BCUT2D eigenvalue weighted by atomic mass is 10.2. The Kier molecular flexibility index (Phi) is 6.17. The number of rotatable bonds is 7. The number of hydrogen-bond donors (Lipinski definition) is 1. The number of hydrogen-bond acceptors (Lipinski definition) is 4. The molecule has 4 heteroatoms. The van der Waals surface area contributed by atoms with Gasteiger partial charge in [-0.25, -0.2) is 0 Å². The Bertz CT molecular complexity index is 160. The molecule has 0 spiro atoms. The highest BCUT2D eigenvalue weighted by Crippen LogP contribution is 2.15. The summed E-state index contributed by atoms with van der Waals surface area (Å²) in [7, 11) is 3.63. The van der Waals surface area contributed by atoms with Gasteiger partial charge in [0.2, 0.25) is 0 Å². The predicted octanol–water partition coefficient (Wildman–Crippen LogP) is 0.495. The molecule has 15 heavy (non-hydrogen) atoms. The summed E-state index contributed by atoms with van der Waals surface area (Å²) in [6.07, 6.45) is 3.50. The van der Waals surface area contributed by atoms with Crippen molar-refractivity contribution in [2.24, 2.45) is 0 Å². The van der Waals surface area contributed by atoms with Gasteiger partial charge in [-0.1, -0.05) is 0 Å². The van der Waals surface area contributed by atoms with Crippen LogP contribution in [0.1, 0.15) is 19.3 Å². The van der Waals surface area contributed by atoms with Gasteiger partial charge < -0.3 is 19.5 Å². The maximum Gasteiger partial charge on any atom is 0.0899 e. The first kappa shape index (κ1) is 12.9. The van der Waals surface area contributed by atoms with E-state index in [0.29, 0.717) is 19.3 Å². The van der Waals surface area contributed by atoms with Crippen molar-refractivity contribution in [2.45, 2.75) is 31.5 Å². The normalized spacial score (nSPS) is 23.6. The van der Waals surface area contributed by atoms with Gasteiger partial charge in [0.1, 0.15) is 0 Å². The van der Waals surface area contributed by atoms with Crippen molar-refractivity contribution in [1.82, 2.24) is 4.90 Å². The number of nitrogens with zero attached hydrogens (tertiary/aromatic N) is 1. The van der Waals surface area contributed by atoms with Crippen LogP contribution in [0.3, 0.4) is 0 Å². The third-order valence-electron chi connectivity index (χ3n) is 2.74. The van der Waals surface area contributed by atoms with Crippen LogP contribution >= 0.6 is 0 Å². The smallest absolute Gasteiger partial charge is 0.0899 e. The van der Waals surface area contributed by atoms with E-state index in [4.69, 9.17) is 9.47 Å². The van der Waals surface area contributed by atoms with Crippen molar-refractivity contribution < 1.29 is 14.6 Å². The van der Waals surface area contributed by atoms with Gasteiger partial charge in [0.25, 0.3) is 0 Å². The zero-order valence-corrected chi connectivity index (χ0v) is 9.82. The molecule has 0 radical (unpaired) electrons. The largest absolute Gasteiger partial charge is 0.389 e. The molecule has 1 fully saturated rings. The standard InChI is InChI=1S/C11H23NO3/c1-12(8-10(13)9-14-2)6-5-11-4-3-7-15-11/h10-11,13H,3-9H2,1-2H3. The average Bonchev–Trinajstić information content (AvgIpc) is 2.67. The van der Waals surface area contributed by atoms with Crippen molar-refractivity contribution in [3.8, 4) is 0 Å². The summed E-state index contributed by atoms with van der Waals surface area (Å²) < 4.78 is 10.4. The highest BCUT2D eigenvalue weighted by molar-refractivity contribution is 4.68. The molecule has 0 bridgehead atoms. The molecule has 2 unspecified atom stereocenters. The minimum atomic E-state index is -0.385. The third-order valence-corrected chi connectivity index (χ3v) is 2.74. The second kappa shape index (κ2) is 7.17. The van der Waals surface area contributed by atoms with Gasteiger partial charge >= 0.3 is 0 Å². The summed E-state index contributed by atoms with van der Waals surface area (Å²) in [6.45, 7) is 2.97. The molecule has 1 heterocycles. The van der Waals surface area contributed by atoms with E-state index in [1.54, 1.807) is 7.11 Å². The Balaban J connectivity index is 2.04. The Hall–Kier alpha value is -0.160. The molecule has 1 N–H and O–H groups in total. The molecule has 0 saturated carbocycles. The SMILES string of the molecule is COCC(O)CN(C)CCC1CCCO1. The minimum Gasteiger partial charge on any atom is -0.389 e. The van der Waals surface area contributed by atoms with Crippen LogP contribution < -0.4 is 0 Å². The molecular weight excluding hydrogens is 194 g/mol. The molecule has 1 saturated heterocycles. The lowest BCUT2D eigenvalue weighted by Crippen LogP contribution is -2.33. The predicted molar refractivity (Wildman–Crippen MR) is 59.0 cm³/mol. The van der Waals surface area contributed by atoms with E-state index >= 15 is 0 Å². The second-order valence-corrected chi connectivity index (χ2v) is 4.30. The van der Waals surface area contributed by atoms with Crippen molar-refractivity contribution in [3.05, 3.63) is 0 Å². The molecule has 1 rings (SSSR count). The summed E-state index contributed by atoms with van der Waals surface area (Å²) in [5, 5.41) is 9.51. The van der Waals surface area contributed by atoms with Crippen LogP contribution in [-0.4, -0.2) is 62.7 Å². The maximum absolute atomic E-state index is 9.51. The van der Waals surface area contributed by atoms with Crippen LogP contribution in [0, 0.1) is 0 Å². The fourth-order valence-corrected chi connectivity index (χ4v) is 1.93. The van der Waals surface area contributed by atoms with E-state index in [9.17, 15) is 5.11 Å². The Labute approximate surface area is 92.2 Å². The van der Waals surface area contributed by atoms with Gasteiger partial charge in [0, 0.05) is 26.8 Å². The molecule has 4 nitrogen and oxygen atoms in total. The Morgan fingerprint density at radius 3 is 3.00 bits per heavy atom. The lowest BCUT2D eigenvalue weighted by Gasteiger charge is -2.21. The molecular formula is C11H23NO3. The third kappa shape index (κ3) is 5.47. The first-order chi connectivity index (χ1) is 7.22. The molecule has 1 aliphatic heterocycles. The van der Waals surface area contributed by atoms with E-state index in [0.717, 1.165) is 19.6 Å². The van der Waals surface area contributed by atoms with Crippen molar-refractivity contribution in [3.63, 3.8) is 0 Å². The van der Waals surface area contributed by atoms with Crippen molar-refractivity contribution in [2.75, 3.05) is 40.5 Å². The average molecular weight is 217 g/mol. The van der Waals surface area contributed by atoms with Crippen LogP contribution in [-0.2, 0) is 9.47 Å². The molecule has 2 atom stereocenters. The van der Waals surface area contributed by atoms with E-state index in [2.05, 4.69) is 4.90 Å². The van der Waals surface area contributed by atoms with Gasteiger partial charge in [-0.15, -0.1) is 0 Å². The van der Waals surface area contributed by atoms with Gasteiger partial charge in [-0.2, -0.15) is 0 Å². The van der Waals surface area contributed by atoms with E-state index in [1.165, 1.54) is 12.8 Å². The number of aliphatic hydroxyl groups is 1. The Morgan fingerprint density at radius 2 is 2.40 bits per heavy atom. The van der Waals surface area contributed by atoms with Crippen LogP contribution in [0.2, 0.25) is 0 Å². The fourth-order valence-electron chi connectivity index (χ4n) is 1.93. The highest BCUT2D eigenvalue weighted by atomic mass is 16.5. The first-order valence-corrected chi connectivity index (χ1v) is 5.69. The van der Waals surface area contributed by atoms with Gasteiger partial charge in [-0.3, -0.25) is 0 Å². The molecule has 0 aromatic rings. The number of ether oxygens (including phenoxy) is 2. The molecule has 0 aliphatic carbocycles. The van der Waals surface area contributed by atoms with E-state index in [-0.39, 0.29) is 6.10 Å². The zero-order chi connectivity index (χ0) is 11.1. The first-order valence-electron chi connectivity index (χ1n) is 5.69. The van der Waals surface area contributed by atoms with Crippen LogP contribution in [0.15, 0.2) is 0 Å². The fraction of sp³-hybridized carbons (Fsp3) is 1.00. The molecule has 0 aromatic heterocycles. The zero-order valence-electron chi connectivity index (χ0n) is 9.82. The molecule has 0 aromatic carbocycles. The van der Waals surface area contributed by atoms with Gasteiger partial charge in [-0.05, 0) is 26.3 Å². The summed E-state index contributed by atoms with van der Waals surface area (Å²) in [6, 6.07) is 0.